The molecule has 0 heterocycles. The van der Waals surface area contributed by atoms with Gasteiger partial charge in [0.1, 0.15) is 0 Å². The molecule has 0 radical (unpaired) electrons. The van der Waals surface area contributed by atoms with E-state index in [1.165, 1.54) is 0 Å². The summed E-state index contributed by atoms with van der Waals surface area (Å²) in [4.78, 5) is 13.2. The molecule has 0 spiro atoms. The highest BCUT2D eigenvalue weighted by atomic mass is 16.2. The Kier molecular flexibility index (Phi) is 5.53. The lowest BCUT2D eigenvalue weighted by Gasteiger charge is -2.29. The zero-order valence-corrected chi connectivity index (χ0v) is 9.76. The number of nitrogens with zero attached hydrogens (tertiary/aromatic N) is 1. The Balaban J connectivity index is 3.94. The van der Waals surface area contributed by atoms with Crippen LogP contribution in [-0.2, 0) is 0 Å². The van der Waals surface area contributed by atoms with E-state index in [0.29, 0.717) is 13.1 Å². The molecule has 0 aliphatic rings. The summed E-state index contributed by atoms with van der Waals surface area (Å²) in [5, 5.41) is 2.82. The number of hydrogen-bond donors (Lipinski definition) is 2. The van der Waals surface area contributed by atoms with Gasteiger partial charge in [0.25, 0.3) is 0 Å². The second kappa shape index (κ2) is 5.86. The Morgan fingerprint density at radius 1 is 1.50 bits per heavy atom. The number of rotatable bonds is 5. The quantitative estimate of drug-likeness (QED) is 0.698. The van der Waals surface area contributed by atoms with Crippen LogP contribution in [0.3, 0.4) is 0 Å². The van der Waals surface area contributed by atoms with Gasteiger partial charge in [0.2, 0.25) is 0 Å². The summed E-state index contributed by atoms with van der Waals surface area (Å²) >= 11 is 0. The molecule has 0 fully saturated rings. The summed E-state index contributed by atoms with van der Waals surface area (Å²) in [7, 11) is 1.79. The molecule has 0 aromatic rings. The van der Waals surface area contributed by atoms with Crippen LogP contribution in [0.15, 0.2) is 0 Å². The minimum atomic E-state index is -0.0200. The van der Waals surface area contributed by atoms with Gasteiger partial charge >= 0.3 is 6.03 Å². The van der Waals surface area contributed by atoms with E-state index in [0.717, 1.165) is 13.0 Å². The van der Waals surface area contributed by atoms with Gasteiger partial charge in [0.05, 0.1) is 0 Å². The molecule has 0 aliphatic heterocycles. The molecule has 0 saturated heterocycles. The van der Waals surface area contributed by atoms with Gasteiger partial charge in [-0.2, -0.15) is 0 Å². The molecule has 84 valence electrons. The molecule has 0 atom stereocenters. The van der Waals surface area contributed by atoms with Crippen LogP contribution in [0.25, 0.3) is 0 Å². The van der Waals surface area contributed by atoms with Gasteiger partial charge in [-0.15, -0.1) is 0 Å². The van der Waals surface area contributed by atoms with Crippen LogP contribution in [-0.4, -0.2) is 37.6 Å². The Bertz CT molecular complexity index is 180. The fourth-order valence-corrected chi connectivity index (χ4v) is 1.15. The molecular weight excluding hydrogens is 178 g/mol. The Hall–Kier alpha value is -0.770. The van der Waals surface area contributed by atoms with Gasteiger partial charge in [0.15, 0.2) is 0 Å². The van der Waals surface area contributed by atoms with Crippen molar-refractivity contribution in [2.24, 2.45) is 11.1 Å². The fraction of sp³-hybridized carbons (Fsp3) is 0.900. The predicted molar refractivity (Wildman–Crippen MR) is 59.2 cm³/mol. The van der Waals surface area contributed by atoms with Crippen LogP contribution in [0, 0.1) is 5.41 Å². The minimum Gasteiger partial charge on any atom is -0.338 e. The lowest BCUT2D eigenvalue weighted by Crippen LogP contribution is -2.44. The van der Waals surface area contributed by atoms with Crippen molar-refractivity contribution in [2.75, 3.05) is 26.7 Å². The Morgan fingerprint density at radius 2 is 2.07 bits per heavy atom. The van der Waals surface area contributed by atoms with Crippen molar-refractivity contribution in [3.63, 3.8) is 0 Å². The molecule has 0 aromatic heterocycles. The van der Waals surface area contributed by atoms with Gasteiger partial charge < -0.3 is 16.0 Å². The maximum atomic E-state index is 11.5. The van der Waals surface area contributed by atoms with E-state index >= 15 is 0 Å². The molecule has 0 rings (SSSR count). The fourth-order valence-electron chi connectivity index (χ4n) is 1.15. The van der Waals surface area contributed by atoms with E-state index in [1.54, 1.807) is 11.9 Å². The first kappa shape index (κ1) is 13.2. The number of carbonyl (C=O) groups is 1. The number of nitrogens with one attached hydrogen (secondary N) is 1. The monoisotopic (exact) mass is 201 g/mol. The highest BCUT2D eigenvalue weighted by molar-refractivity contribution is 5.73. The molecule has 2 amide bonds. The summed E-state index contributed by atoms with van der Waals surface area (Å²) in [5.41, 5.74) is 5.58. The third-order valence-electron chi connectivity index (χ3n) is 2.09. The van der Waals surface area contributed by atoms with Gasteiger partial charge in [-0.3, -0.25) is 0 Å². The van der Waals surface area contributed by atoms with Crippen LogP contribution >= 0.6 is 0 Å². The molecule has 4 heteroatoms. The standard InChI is InChI=1S/C10H23N3O/c1-5-6-12-9(14)13(4)8-10(2,3)7-11/h5-8,11H2,1-4H3,(H,12,14). The van der Waals surface area contributed by atoms with Crippen LogP contribution in [0.4, 0.5) is 4.79 Å². The van der Waals surface area contributed by atoms with Crippen molar-refractivity contribution in [3.8, 4) is 0 Å². The lowest BCUT2D eigenvalue weighted by molar-refractivity contribution is 0.185. The van der Waals surface area contributed by atoms with Crippen LogP contribution in [0.5, 0.6) is 0 Å². The van der Waals surface area contributed by atoms with Crippen LogP contribution in [0.2, 0.25) is 0 Å². The highest BCUT2D eigenvalue weighted by Crippen LogP contribution is 2.13. The molecule has 0 aliphatic carbocycles. The van der Waals surface area contributed by atoms with Crippen molar-refractivity contribution in [1.29, 1.82) is 0 Å². The summed E-state index contributed by atoms with van der Waals surface area (Å²) in [6.45, 7) is 8.13. The van der Waals surface area contributed by atoms with Gasteiger partial charge in [-0.05, 0) is 18.4 Å². The lowest BCUT2D eigenvalue weighted by atomic mass is 9.93. The van der Waals surface area contributed by atoms with Crippen molar-refractivity contribution in [2.45, 2.75) is 27.2 Å². The molecular formula is C10H23N3O. The first-order valence-electron chi connectivity index (χ1n) is 5.12. The highest BCUT2D eigenvalue weighted by Gasteiger charge is 2.20. The SMILES string of the molecule is CCCNC(=O)N(C)CC(C)(C)CN. The largest absolute Gasteiger partial charge is 0.338 e. The number of urea groups is 1. The second-order valence-electron chi connectivity index (χ2n) is 4.46. The van der Waals surface area contributed by atoms with E-state index in [1.807, 2.05) is 6.92 Å². The van der Waals surface area contributed by atoms with Crippen LogP contribution in [0.1, 0.15) is 27.2 Å². The van der Waals surface area contributed by atoms with E-state index in [-0.39, 0.29) is 11.4 Å². The molecule has 3 N–H and O–H groups in total. The predicted octanol–water partition coefficient (Wildman–Crippen LogP) is 1.02. The zero-order chi connectivity index (χ0) is 11.2. The number of hydrogen-bond acceptors (Lipinski definition) is 2. The van der Waals surface area contributed by atoms with Crippen molar-refractivity contribution in [3.05, 3.63) is 0 Å². The van der Waals surface area contributed by atoms with E-state index < -0.39 is 0 Å². The smallest absolute Gasteiger partial charge is 0.317 e. The van der Waals surface area contributed by atoms with Gasteiger partial charge in [0, 0.05) is 20.1 Å². The summed E-state index contributed by atoms with van der Waals surface area (Å²) in [5.74, 6) is 0. The van der Waals surface area contributed by atoms with Crippen molar-refractivity contribution >= 4 is 6.03 Å². The van der Waals surface area contributed by atoms with E-state index in [2.05, 4.69) is 19.2 Å². The van der Waals surface area contributed by atoms with Crippen LogP contribution < -0.4 is 11.1 Å². The van der Waals surface area contributed by atoms with Crippen molar-refractivity contribution in [1.82, 2.24) is 10.2 Å². The average Bonchev–Trinajstić information content (AvgIpc) is 2.13. The molecule has 0 unspecified atom stereocenters. The second-order valence-corrected chi connectivity index (χ2v) is 4.46. The number of amides is 2. The van der Waals surface area contributed by atoms with E-state index in [9.17, 15) is 4.79 Å². The summed E-state index contributed by atoms with van der Waals surface area (Å²) in [6.07, 6.45) is 0.958. The molecule has 0 bridgehead atoms. The zero-order valence-electron chi connectivity index (χ0n) is 9.76. The first-order chi connectivity index (χ1) is 6.43. The molecule has 0 saturated carbocycles. The maximum absolute atomic E-state index is 11.5. The van der Waals surface area contributed by atoms with E-state index in [4.69, 9.17) is 5.73 Å². The number of carbonyl (C=O) groups excluding carboxylic acids is 1. The summed E-state index contributed by atoms with van der Waals surface area (Å²) < 4.78 is 0. The topological polar surface area (TPSA) is 58.4 Å². The van der Waals surface area contributed by atoms with Gasteiger partial charge in [-0.1, -0.05) is 20.8 Å². The first-order valence-corrected chi connectivity index (χ1v) is 5.12. The Morgan fingerprint density at radius 3 is 2.50 bits per heavy atom. The Labute approximate surface area is 86.8 Å². The maximum Gasteiger partial charge on any atom is 0.317 e. The normalized spacial score (nSPS) is 11.2. The third-order valence-corrected chi connectivity index (χ3v) is 2.09. The minimum absolute atomic E-state index is 0.0156. The van der Waals surface area contributed by atoms with Crippen molar-refractivity contribution < 1.29 is 4.79 Å². The summed E-state index contributed by atoms with van der Waals surface area (Å²) in [6, 6.07) is -0.0200. The average molecular weight is 201 g/mol. The molecule has 0 aromatic carbocycles. The third kappa shape index (κ3) is 5.07. The molecule has 14 heavy (non-hydrogen) atoms. The molecule has 4 nitrogen and oxygen atoms in total. The van der Waals surface area contributed by atoms with Gasteiger partial charge in [-0.25, -0.2) is 4.79 Å². The number of nitrogens with two attached hydrogens (primary N) is 1.